The summed E-state index contributed by atoms with van der Waals surface area (Å²) in [5.41, 5.74) is 0. The summed E-state index contributed by atoms with van der Waals surface area (Å²) in [5.74, 6) is 0.129. The van der Waals surface area contributed by atoms with Gasteiger partial charge in [-0.1, -0.05) is 11.6 Å². The van der Waals surface area contributed by atoms with E-state index >= 15 is 0 Å². The zero-order valence-corrected chi connectivity index (χ0v) is 14.0. The van der Waals surface area contributed by atoms with E-state index in [0.717, 1.165) is 28.8 Å². The molecule has 0 radical (unpaired) electrons. The minimum absolute atomic E-state index is 0.129. The molecule has 1 unspecified atom stereocenters. The Hall–Kier alpha value is -0.660. The Kier molecular flexibility index (Phi) is 6.44. The molecule has 1 amide bonds. The van der Waals surface area contributed by atoms with Crippen molar-refractivity contribution in [1.82, 2.24) is 15.1 Å². The quantitative estimate of drug-likeness (QED) is 0.853. The van der Waals surface area contributed by atoms with Crippen LogP contribution in [0.1, 0.15) is 4.88 Å². The number of thiophene rings is 1. The molecule has 5 nitrogen and oxygen atoms in total. The Morgan fingerprint density at radius 1 is 1.62 bits per heavy atom. The van der Waals surface area contributed by atoms with Crippen LogP contribution in [0, 0.1) is 0 Å². The standard InChI is InChI=1S/C14H22ClN3O2S/c1-16-7-11-8-18(5-6-20-11)10-14(19)17(2)9-12-3-4-13(15)21-12/h3-4,11,16H,5-10H2,1-2H3. The molecule has 1 atom stereocenters. The summed E-state index contributed by atoms with van der Waals surface area (Å²) in [5, 5.41) is 3.11. The van der Waals surface area contributed by atoms with Crippen molar-refractivity contribution in [3.8, 4) is 0 Å². The van der Waals surface area contributed by atoms with Gasteiger partial charge < -0.3 is 15.0 Å². The van der Waals surface area contributed by atoms with Gasteiger partial charge in [-0.2, -0.15) is 0 Å². The van der Waals surface area contributed by atoms with Gasteiger partial charge in [0.1, 0.15) is 0 Å². The number of carbonyl (C=O) groups is 1. The lowest BCUT2D eigenvalue weighted by Crippen LogP contribution is -2.49. The van der Waals surface area contributed by atoms with Crippen LogP contribution in [0.5, 0.6) is 0 Å². The first-order valence-electron chi connectivity index (χ1n) is 7.05. The fourth-order valence-corrected chi connectivity index (χ4v) is 3.49. The predicted octanol–water partition coefficient (Wildman–Crippen LogP) is 1.28. The van der Waals surface area contributed by atoms with Crippen LogP contribution in [-0.4, -0.2) is 68.7 Å². The van der Waals surface area contributed by atoms with Gasteiger partial charge in [0.05, 0.1) is 30.1 Å². The summed E-state index contributed by atoms with van der Waals surface area (Å²) in [6.45, 7) is 4.16. The number of likely N-dealkylation sites (N-methyl/N-ethyl adjacent to an activating group) is 2. The summed E-state index contributed by atoms with van der Waals surface area (Å²) in [4.78, 5) is 17.3. The Balaban J connectivity index is 1.80. The highest BCUT2D eigenvalue weighted by Crippen LogP contribution is 2.22. The molecular weight excluding hydrogens is 310 g/mol. The van der Waals surface area contributed by atoms with E-state index in [-0.39, 0.29) is 12.0 Å². The summed E-state index contributed by atoms with van der Waals surface area (Å²) in [6.07, 6.45) is 0.165. The molecular formula is C14H22ClN3O2S. The Morgan fingerprint density at radius 3 is 3.10 bits per heavy atom. The van der Waals surface area contributed by atoms with Crippen LogP contribution in [-0.2, 0) is 16.1 Å². The maximum atomic E-state index is 12.3. The third-order valence-electron chi connectivity index (χ3n) is 3.46. The first-order valence-corrected chi connectivity index (χ1v) is 8.24. The van der Waals surface area contributed by atoms with E-state index in [1.807, 2.05) is 26.2 Å². The monoisotopic (exact) mass is 331 g/mol. The number of amides is 1. The molecule has 0 saturated carbocycles. The number of nitrogens with zero attached hydrogens (tertiary/aromatic N) is 2. The van der Waals surface area contributed by atoms with Crippen LogP contribution < -0.4 is 5.32 Å². The second-order valence-corrected chi connectivity index (χ2v) is 7.04. The highest BCUT2D eigenvalue weighted by Gasteiger charge is 2.22. The van der Waals surface area contributed by atoms with Crippen LogP contribution in [0.4, 0.5) is 0 Å². The minimum Gasteiger partial charge on any atom is -0.374 e. The number of ether oxygens (including phenoxy) is 1. The van der Waals surface area contributed by atoms with Gasteiger partial charge in [-0.15, -0.1) is 11.3 Å². The maximum absolute atomic E-state index is 12.3. The molecule has 2 heterocycles. The summed E-state index contributed by atoms with van der Waals surface area (Å²) in [6, 6.07) is 3.83. The molecule has 1 saturated heterocycles. The van der Waals surface area contributed by atoms with Crippen molar-refractivity contribution in [1.29, 1.82) is 0 Å². The van der Waals surface area contributed by atoms with Gasteiger partial charge in [0.25, 0.3) is 0 Å². The number of hydrogen-bond donors (Lipinski definition) is 1. The first-order chi connectivity index (χ1) is 10.1. The number of halogens is 1. The molecule has 0 aliphatic carbocycles. The molecule has 1 fully saturated rings. The lowest BCUT2D eigenvalue weighted by Gasteiger charge is -2.33. The number of morpholine rings is 1. The Labute approximate surface area is 134 Å². The second kappa shape index (κ2) is 8.10. The van der Waals surface area contributed by atoms with Gasteiger partial charge >= 0.3 is 0 Å². The van der Waals surface area contributed by atoms with E-state index < -0.39 is 0 Å². The van der Waals surface area contributed by atoms with E-state index in [2.05, 4.69) is 10.2 Å². The van der Waals surface area contributed by atoms with E-state index in [0.29, 0.717) is 19.7 Å². The average Bonchev–Trinajstić information content (AvgIpc) is 2.85. The van der Waals surface area contributed by atoms with Crippen molar-refractivity contribution in [2.45, 2.75) is 12.6 Å². The first kappa shape index (κ1) is 16.7. The lowest BCUT2D eigenvalue weighted by molar-refractivity contribution is -0.133. The molecule has 0 aromatic carbocycles. The van der Waals surface area contributed by atoms with Gasteiger partial charge in [-0.25, -0.2) is 0 Å². The third kappa shape index (κ3) is 5.23. The van der Waals surface area contributed by atoms with Crippen LogP contribution in [0.15, 0.2) is 12.1 Å². The van der Waals surface area contributed by atoms with Crippen LogP contribution in [0.3, 0.4) is 0 Å². The number of hydrogen-bond acceptors (Lipinski definition) is 5. The van der Waals surface area contributed by atoms with Crippen molar-refractivity contribution >= 4 is 28.8 Å². The topological polar surface area (TPSA) is 44.8 Å². The van der Waals surface area contributed by atoms with Gasteiger partial charge in [0, 0.05) is 31.6 Å². The fraction of sp³-hybridized carbons (Fsp3) is 0.643. The highest BCUT2D eigenvalue weighted by molar-refractivity contribution is 7.16. The molecule has 1 aromatic rings. The van der Waals surface area contributed by atoms with Crippen molar-refractivity contribution in [3.05, 3.63) is 21.3 Å². The third-order valence-corrected chi connectivity index (χ3v) is 4.68. The molecule has 1 aliphatic rings. The molecule has 1 aliphatic heterocycles. The number of rotatable bonds is 6. The van der Waals surface area contributed by atoms with Crippen LogP contribution in [0.2, 0.25) is 4.34 Å². The zero-order chi connectivity index (χ0) is 15.2. The Morgan fingerprint density at radius 2 is 2.43 bits per heavy atom. The van der Waals surface area contributed by atoms with Crippen LogP contribution in [0.25, 0.3) is 0 Å². The van der Waals surface area contributed by atoms with E-state index in [4.69, 9.17) is 16.3 Å². The van der Waals surface area contributed by atoms with Crippen molar-refractivity contribution in [2.75, 3.05) is 46.9 Å². The molecule has 118 valence electrons. The largest absolute Gasteiger partial charge is 0.374 e. The van der Waals surface area contributed by atoms with Gasteiger partial charge in [-0.05, 0) is 19.2 Å². The normalized spacial score (nSPS) is 19.7. The van der Waals surface area contributed by atoms with Crippen molar-refractivity contribution in [3.63, 3.8) is 0 Å². The molecule has 0 spiro atoms. The Bertz CT molecular complexity index is 467. The predicted molar refractivity (Wildman–Crippen MR) is 85.9 cm³/mol. The molecule has 0 bridgehead atoms. The molecule has 7 heteroatoms. The molecule has 2 rings (SSSR count). The number of carbonyl (C=O) groups excluding carboxylic acids is 1. The van der Waals surface area contributed by atoms with Crippen molar-refractivity contribution < 1.29 is 9.53 Å². The molecule has 21 heavy (non-hydrogen) atoms. The maximum Gasteiger partial charge on any atom is 0.236 e. The molecule has 1 aromatic heterocycles. The average molecular weight is 332 g/mol. The lowest BCUT2D eigenvalue weighted by atomic mass is 10.2. The second-order valence-electron chi connectivity index (χ2n) is 5.24. The fourth-order valence-electron chi connectivity index (χ4n) is 2.35. The van der Waals surface area contributed by atoms with E-state index in [1.165, 1.54) is 11.3 Å². The SMILES string of the molecule is CNCC1CN(CC(=O)N(C)Cc2ccc(Cl)s2)CCO1. The van der Waals surface area contributed by atoms with Gasteiger partial charge in [0.15, 0.2) is 0 Å². The van der Waals surface area contributed by atoms with Gasteiger partial charge in [0.2, 0.25) is 5.91 Å². The van der Waals surface area contributed by atoms with Crippen LogP contribution >= 0.6 is 22.9 Å². The summed E-state index contributed by atoms with van der Waals surface area (Å²) in [7, 11) is 3.74. The molecule has 1 N–H and O–H groups in total. The van der Waals surface area contributed by atoms with E-state index in [9.17, 15) is 4.79 Å². The van der Waals surface area contributed by atoms with E-state index in [1.54, 1.807) is 4.90 Å². The summed E-state index contributed by atoms with van der Waals surface area (Å²) < 4.78 is 6.41. The zero-order valence-electron chi connectivity index (χ0n) is 12.5. The van der Waals surface area contributed by atoms with Crippen molar-refractivity contribution in [2.24, 2.45) is 0 Å². The smallest absolute Gasteiger partial charge is 0.236 e. The highest BCUT2D eigenvalue weighted by atomic mass is 35.5. The number of nitrogens with one attached hydrogen (secondary N) is 1. The minimum atomic E-state index is 0.129. The van der Waals surface area contributed by atoms with Gasteiger partial charge in [-0.3, -0.25) is 9.69 Å². The summed E-state index contributed by atoms with van der Waals surface area (Å²) >= 11 is 7.43.